The highest BCUT2D eigenvalue weighted by Crippen LogP contribution is 2.35. The summed E-state index contributed by atoms with van der Waals surface area (Å²) in [6, 6.07) is 6.94. The lowest BCUT2D eigenvalue weighted by Gasteiger charge is -2.20. The molecule has 1 aliphatic heterocycles. The Balaban J connectivity index is 1.57. The predicted molar refractivity (Wildman–Crippen MR) is 97.1 cm³/mol. The normalized spacial score (nSPS) is 18.2. The third-order valence-corrected chi connectivity index (χ3v) is 6.03. The van der Waals surface area contributed by atoms with Gasteiger partial charge >= 0.3 is 0 Å². The van der Waals surface area contributed by atoms with E-state index in [0.29, 0.717) is 19.4 Å². The van der Waals surface area contributed by atoms with Crippen LogP contribution in [0.2, 0.25) is 0 Å². The van der Waals surface area contributed by atoms with Gasteiger partial charge in [0, 0.05) is 41.6 Å². The van der Waals surface area contributed by atoms with E-state index in [4.69, 9.17) is 4.52 Å². The molecule has 1 unspecified atom stereocenters. The first kappa shape index (κ1) is 18.0. The van der Waals surface area contributed by atoms with Gasteiger partial charge in [-0.15, -0.1) is 0 Å². The summed E-state index contributed by atoms with van der Waals surface area (Å²) in [6.45, 7) is 5.17. The minimum absolute atomic E-state index is 0.113. The summed E-state index contributed by atoms with van der Waals surface area (Å²) in [4.78, 5) is 14.5. The molecule has 134 valence electrons. The molecule has 1 amide bonds. The molecule has 4 nitrogen and oxygen atoms in total. The second kappa shape index (κ2) is 8.04. The Labute approximate surface area is 151 Å². The van der Waals surface area contributed by atoms with Crippen molar-refractivity contribution in [1.29, 1.82) is 0 Å². The lowest BCUT2D eigenvalue weighted by Crippen LogP contribution is -2.33. The summed E-state index contributed by atoms with van der Waals surface area (Å²) in [6.07, 6.45) is 1.89. The maximum atomic E-state index is 14.0. The first-order chi connectivity index (χ1) is 12.1. The summed E-state index contributed by atoms with van der Waals surface area (Å²) in [7, 11) is 0. The average molecular weight is 362 g/mol. The molecule has 0 radical (unpaired) electrons. The van der Waals surface area contributed by atoms with Crippen LogP contribution in [0.15, 0.2) is 28.8 Å². The van der Waals surface area contributed by atoms with Crippen LogP contribution in [0.25, 0.3) is 0 Å². The largest absolute Gasteiger partial charge is 0.361 e. The van der Waals surface area contributed by atoms with Gasteiger partial charge in [0.2, 0.25) is 5.91 Å². The zero-order chi connectivity index (χ0) is 17.8. The van der Waals surface area contributed by atoms with Gasteiger partial charge in [0.25, 0.3) is 0 Å². The maximum Gasteiger partial charge on any atom is 0.222 e. The number of halogens is 1. The van der Waals surface area contributed by atoms with E-state index in [-0.39, 0.29) is 17.0 Å². The number of benzene rings is 1. The summed E-state index contributed by atoms with van der Waals surface area (Å²) in [5, 5.41) is 4.05. The van der Waals surface area contributed by atoms with E-state index >= 15 is 0 Å². The standard InChI is InChI=1S/C19H23FN2O2S/c1-13-15(14(2)24-21-13)7-8-19(23)22-10-9-18(25-12-11-22)16-5-3-4-6-17(16)20/h3-6,18H,7-12H2,1-2H3. The lowest BCUT2D eigenvalue weighted by atomic mass is 10.1. The third kappa shape index (κ3) is 4.24. The van der Waals surface area contributed by atoms with Crippen molar-refractivity contribution in [2.45, 2.75) is 38.4 Å². The smallest absolute Gasteiger partial charge is 0.222 e. The minimum atomic E-state index is -0.154. The Hall–Kier alpha value is -1.82. The first-order valence-corrected chi connectivity index (χ1v) is 9.66. The molecule has 2 heterocycles. The molecule has 0 bridgehead atoms. The Bertz CT molecular complexity index is 727. The van der Waals surface area contributed by atoms with Crippen molar-refractivity contribution < 1.29 is 13.7 Å². The lowest BCUT2D eigenvalue weighted by molar-refractivity contribution is -0.130. The van der Waals surface area contributed by atoms with Crippen LogP contribution in [-0.4, -0.2) is 34.8 Å². The number of hydrogen-bond donors (Lipinski definition) is 0. The number of hydrogen-bond acceptors (Lipinski definition) is 4. The van der Waals surface area contributed by atoms with Crippen molar-refractivity contribution in [3.05, 3.63) is 52.7 Å². The molecule has 1 saturated heterocycles. The van der Waals surface area contributed by atoms with Crippen LogP contribution in [0, 0.1) is 19.7 Å². The van der Waals surface area contributed by atoms with Gasteiger partial charge < -0.3 is 9.42 Å². The number of carbonyl (C=O) groups excluding carboxylic acids is 1. The van der Waals surface area contributed by atoms with Crippen LogP contribution < -0.4 is 0 Å². The molecule has 1 fully saturated rings. The molecule has 0 spiro atoms. The second-order valence-corrected chi connectivity index (χ2v) is 7.66. The Kier molecular flexibility index (Phi) is 5.78. The predicted octanol–water partition coefficient (Wildman–Crippen LogP) is 4.07. The summed E-state index contributed by atoms with van der Waals surface area (Å²) < 4.78 is 19.2. The van der Waals surface area contributed by atoms with Crippen LogP contribution in [0.1, 0.15) is 40.7 Å². The van der Waals surface area contributed by atoms with Gasteiger partial charge in [-0.3, -0.25) is 4.79 Å². The van der Waals surface area contributed by atoms with E-state index in [1.165, 1.54) is 6.07 Å². The van der Waals surface area contributed by atoms with Gasteiger partial charge in [-0.05, 0) is 32.8 Å². The quantitative estimate of drug-likeness (QED) is 0.822. The van der Waals surface area contributed by atoms with Crippen LogP contribution in [-0.2, 0) is 11.2 Å². The fourth-order valence-corrected chi connectivity index (χ4v) is 4.51. The summed E-state index contributed by atoms with van der Waals surface area (Å²) in [5.41, 5.74) is 2.63. The second-order valence-electron chi connectivity index (χ2n) is 6.35. The number of amides is 1. The number of aryl methyl sites for hydroxylation is 2. The number of aromatic nitrogens is 1. The molecule has 25 heavy (non-hydrogen) atoms. The Morgan fingerprint density at radius 3 is 2.88 bits per heavy atom. The zero-order valence-electron chi connectivity index (χ0n) is 14.6. The van der Waals surface area contributed by atoms with Gasteiger partial charge in [-0.2, -0.15) is 11.8 Å². The molecular formula is C19H23FN2O2S. The third-order valence-electron chi connectivity index (χ3n) is 4.72. The van der Waals surface area contributed by atoms with Crippen LogP contribution in [0.3, 0.4) is 0 Å². The molecule has 1 atom stereocenters. The van der Waals surface area contributed by atoms with Gasteiger partial charge in [-0.1, -0.05) is 23.4 Å². The average Bonchev–Trinajstić information content (AvgIpc) is 2.79. The van der Waals surface area contributed by atoms with E-state index < -0.39 is 0 Å². The molecule has 6 heteroatoms. The molecule has 1 aromatic heterocycles. The number of thioether (sulfide) groups is 1. The fraction of sp³-hybridized carbons (Fsp3) is 0.474. The highest BCUT2D eigenvalue weighted by molar-refractivity contribution is 7.99. The van der Waals surface area contributed by atoms with Crippen molar-refractivity contribution in [2.24, 2.45) is 0 Å². The first-order valence-electron chi connectivity index (χ1n) is 8.62. The van der Waals surface area contributed by atoms with Crippen molar-refractivity contribution in [3.8, 4) is 0 Å². The maximum absolute atomic E-state index is 14.0. The minimum Gasteiger partial charge on any atom is -0.361 e. The molecule has 0 N–H and O–H groups in total. The van der Waals surface area contributed by atoms with E-state index in [1.807, 2.05) is 30.9 Å². The van der Waals surface area contributed by atoms with Gasteiger partial charge in [-0.25, -0.2) is 4.39 Å². The molecule has 3 rings (SSSR count). The van der Waals surface area contributed by atoms with Crippen molar-refractivity contribution in [3.63, 3.8) is 0 Å². The van der Waals surface area contributed by atoms with Crippen molar-refractivity contribution in [2.75, 3.05) is 18.8 Å². The van der Waals surface area contributed by atoms with Crippen LogP contribution in [0.4, 0.5) is 4.39 Å². The van der Waals surface area contributed by atoms with Gasteiger partial charge in [0.15, 0.2) is 0 Å². The molecule has 0 aliphatic carbocycles. The highest BCUT2D eigenvalue weighted by atomic mass is 32.2. The molecular weight excluding hydrogens is 339 g/mol. The Morgan fingerprint density at radius 2 is 2.16 bits per heavy atom. The van der Waals surface area contributed by atoms with Crippen molar-refractivity contribution >= 4 is 17.7 Å². The van der Waals surface area contributed by atoms with E-state index in [2.05, 4.69) is 5.16 Å². The fourth-order valence-electron chi connectivity index (χ4n) is 3.25. The van der Waals surface area contributed by atoms with E-state index in [9.17, 15) is 9.18 Å². The van der Waals surface area contributed by atoms with Gasteiger partial charge in [0.1, 0.15) is 11.6 Å². The SMILES string of the molecule is Cc1noc(C)c1CCC(=O)N1CCSC(c2ccccc2F)CC1. The molecule has 1 aliphatic rings. The van der Waals surface area contributed by atoms with Crippen LogP contribution in [0.5, 0.6) is 0 Å². The van der Waals surface area contributed by atoms with Crippen LogP contribution >= 0.6 is 11.8 Å². The molecule has 0 saturated carbocycles. The van der Waals surface area contributed by atoms with Gasteiger partial charge in [0.05, 0.1) is 5.69 Å². The number of carbonyl (C=O) groups is 1. The number of nitrogens with zero attached hydrogens (tertiary/aromatic N) is 2. The Morgan fingerprint density at radius 1 is 1.36 bits per heavy atom. The molecule has 1 aromatic carbocycles. The molecule has 2 aromatic rings. The van der Waals surface area contributed by atoms with E-state index in [0.717, 1.165) is 41.3 Å². The zero-order valence-corrected chi connectivity index (χ0v) is 15.4. The summed E-state index contributed by atoms with van der Waals surface area (Å²) in [5.74, 6) is 1.61. The monoisotopic (exact) mass is 362 g/mol. The number of rotatable bonds is 4. The highest BCUT2D eigenvalue weighted by Gasteiger charge is 2.24. The topological polar surface area (TPSA) is 46.3 Å². The van der Waals surface area contributed by atoms with Crippen molar-refractivity contribution in [1.82, 2.24) is 10.1 Å². The van der Waals surface area contributed by atoms with E-state index in [1.54, 1.807) is 17.8 Å². The summed E-state index contributed by atoms with van der Waals surface area (Å²) >= 11 is 1.73.